The molecule has 0 saturated carbocycles. The van der Waals surface area contributed by atoms with Gasteiger partial charge in [-0.2, -0.15) is 9.29 Å². The molecule has 0 aliphatic carbocycles. The van der Waals surface area contributed by atoms with Crippen molar-refractivity contribution in [3.05, 3.63) is 72.7 Å². The lowest BCUT2D eigenvalue weighted by Gasteiger charge is -2.31. The van der Waals surface area contributed by atoms with Crippen LogP contribution in [0.3, 0.4) is 0 Å². The fraction of sp³-hybridized carbons (Fsp3) is 0.273. The molecule has 0 bridgehead atoms. The first-order chi connectivity index (χ1) is 15.6. The van der Waals surface area contributed by atoms with Crippen LogP contribution in [0.5, 0.6) is 0 Å². The van der Waals surface area contributed by atoms with E-state index in [1.165, 1.54) is 23.5 Å². The van der Waals surface area contributed by atoms with Crippen molar-refractivity contribution in [1.82, 2.24) is 28.9 Å². The van der Waals surface area contributed by atoms with Gasteiger partial charge in [0.2, 0.25) is 15.2 Å². The number of piperidine rings is 1. The number of hydrogen-bond donors (Lipinski definition) is 0. The van der Waals surface area contributed by atoms with Crippen LogP contribution in [-0.2, 0) is 16.4 Å². The normalized spacial score (nSPS) is 15.9. The average molecular weight is 467 g/mol. The first-order valence-corrected chi connectivity index (χ1v) is 12.7. The van der Waals surface area contributed by atoms with Crippen molar-refractivity contribution in [1.29, 1.82) is 0 Å². The first-order valence-electron chi connectivity index (χ1n) is 10.4. The first kappa shape index (κ1) is 21.0. The van der Waals surface area contributed by atoms with Crippen molar-refractivity contribution in [2.75, 3.05) is 13.1 Å². The van der Waals surface area contributed by atoms with E-state index in [-0.39, 0.29) is 4.90 Å². The quantitative estimate of drug-likeness (QED) is 0.430. The number of nitrogens with zero attached hydrogens (tertiary/aromatic N) is 6. The van der Waals surface area contributed by atoms with Gasteiger partial charge in [0.25, 0.3) is 5.78 Å². The van der Waals surface area contributed by atoms with E-state index in [1.807, 2.05) is 18.2 Å². The zero-order valence-corrected chi connectivity index (χ0v) is 18.9. The van der Waals surface area contributed by atoms with E-state index in [0.29, 0.717) is 35.0 Å². The van der Waals surface area contributed by atoms with Crippen molar-refractivity contribution in [3.63, 3.8) is 0 Å². The summed E-state index contributed by atoms with van der Waals surface area (Å²) in [5.41, 5.74) is 1.31. The van der Waals surface area contributed by atoms with Gasteiger partial charge >= 0.3 is 0 Å². The van der Waals surface area contributed by atoms with Gasteiger partial charge in [0.1, 0.15) is 9.92 Å². The Hall–Kier alpha value is -2.82. The van der Waals surface area contributed by atoms with Crippen LogP contribution in [0.4, 0.5) is 0 Å². The topological polar surface area (TPSA) is 93.3 Å². The summed E-state index contributed by atoms with van der Waals surface area (Å²) in [6.45, 7) is 1.07. The molecule has 4 aromatic rings. The second-order valence-corrected chi connectivity index (χ2v) is 10.7. The molecule has 1 saturated heterocycles. The van der Waals surface area contributed by atoms with Gasteiger partial charge in [0, 0.05) is 31.7 Å². The van der Waals surface area contributed by atoms with Crippen molar-refractivity contribution in [3.8, 4) is 0 Å². The third kappa shape index (κ3) is 4.52. The van der Waals surface area contributed by atoms with Crippen LogP contribution in [0, 0.1) is 5.92 Å². The van der Waals surface area contributed by atoms with Crippen molar-refractivity contribution in [2.45, 2.75) is 34.3 Å². The predicted octanol–water partition coefficient (Wildman–Crippen LogP) is 3.31. The van der Waals surface area contributed by atoms with Gasteiger partial charge in [-0.3, -0.25) is 0 Å². The molecule has 8 nitrogen and oxygen atoms in total. The Balaban J connectivity index is 1.22. The van der Waals surface area contributed by atoms with Gasteiger partial charge in [-0.25, -0.2) is 22.9 Å². The molecular formula is C22H22N6O2S2. The highest BCUT2D eigenvalue weighted by Gasteiger charge is 2.29. The highest BCUT2D eigenvalue weighted by Crippen LogP contribution is 2.28. The van der Waals surface area contributed by atoms with E-state index < -0.39 is 10.0 Å². The van der Waals surface area contributed by atoms with Gasteiger partial charge in [-0.05, 0) is 60.7 Å². The minimum atomic E-state index is -3.55. The molecule has 1 fully saturated rings. The molecule has 0 amide bonds. The van der Waals surface area contributed by atoms with Crippen molar-refractivity contribution in [2.24, 2.45) is 5.92 Å². The van der Waals surface area contributed by atoms with Gasteiger partial charge in [0.05, 0.1) is 0 Å². The minimum absolute atomic E-state index is 0.216. The summed E-state index contributed by atoms with van der Waals surface area (Å²) >= 11 is 1.27. The zero-order valence-electron chi connectivity index (χ0n) is 17.3. The molecule has 0 spiro atoms. The number of sulfonamides is 1. The molecule has 0 atom stereocenters. The molecule has 164 valence electrons. The molecule has 0 N–H and O–H groups in total. The van der Waals surface area contributed by atoms with Crippen molar-refractivity contribution < 1.29 is 8.42 Å². The maximum atomic E-state index is 13.1. The lowest BCUT2D eigenvalue weighted by Crippen LogP contribution is -2.38. The number of aromatic nitrogens is 5. The summed E-state index contributed by atoms with van der Waals surface area (Å²) in [7, 11) is -3.55. The third-order valence-electron chi connectivity index (χ3n) is 5.58. The monoisotopic (exact) mass is 466 g/mol. The molecule has 0 radical (unpaired) electrons. The maximum absolute atomic E-state index is 13.1. The van der Waals surface area contributed by atoms with Crippen LogP contribution in [0.25, 0.3) is 5.78 Å². The lowest BCUT2D eigenvalue weighted by molar-refractivity contribution is 0.273. The molecule has 1 aliphatic rings. The Morgan fingerprint density at radius 1 is 1.00 bits per heavy atom. The number of pyridine rings is 1. The highest BCUT2D eigenvalue weighted by molar-refractivity contribution is 7.99. The number of benzene rings is 1. The Kier molecular flexibility index (Phi) is 5.90. The second kappa shape index (κ2) is 8.97. The Morgan fingerprint density at radius 2 is 1.81 bits per heavy atom. The Morgan fingerprint density at radius 3 is 2.53 bits per heavy atom. The molecular weight excluding hydrogens is 444 g/mol. The summed E-state index contributed by atoms with van der Waals surface area (Å²) in [6.07, 6.45) is 7.56. The van der Waals surface area contributed by atoms with Crippen LogP contribution in [0.15, 0.2) is 82.2 Å². The van der Waals surface area contributed by atoms with E-state index in [9.17, 15) is 8.42 Å². The maximum Gasteiger partial charge on any atom is 0.253 e. The summed E-state index contributed by atoms with van der Waals surface area (Å²) in [6, 6.07) is 15.4. The fourth-order valence-electron chi connectivity index (χ4n) is 3.88. The van der Waals surface area contributed by atoms with E-state index in [0.717, 1.165) is 19.3 Å². The number of hydrogen-bond acceptors (Lipinski definition) is 7. The molecule has 4 heterocycles. The summed E-state index contributed by atoms with van der Waals surface area (Å²) in [5.74, 6) is 1.01. The van der Waals surface area contributed by atoms with Crippen LogP contribution < -0.4 is 0 Å². The smallest absolute Gasteiger partial charge is 0.248 e. The van der Waals surface area contributed by atoms with Gasteiger partial charge in [-0.15, -0.1) is 5.10 Å². The fourth-order valence-corrected chi connectivity index (χ4v) is 5.98. The largest absolute Gasteiger partial charge is 0.253 e. The molecule has 1 aliphatic heterocycles. The summed E-state index contributed by atoms with van der Waals surface area (Å²) in [4.78, 5) is 13.0. The molecule has 5 rings (SSSR count). The van der Waals surface area contributed by atoms with Crippen LogP contribution in [0.1, 0.15) is 18.4 Å². The minimum Gasteiger partial charge on any atom is -0.248 e. The summed E-state index contributed by atoms with van der Waals surface area (Å²) in [5, 5.41) is 5.46. The highest BCUT2D eigenvalue weighted by atomic mass is 32.2. The predicted molar refractivity (Wildman–Crippen MR) is 121 cm³/mol. The molecule has 3 aromatic heterocycles. The summed E-state index contributed by atoms with van der Waals surface area (Å²) < 4.78 is 29.3. The standard InChI is InChI=1S/C22H22N6O2S2/c29-32(30,27-13-9-18(10-14-27)15-17-5-2-1-3-6-17)19-7-8-20(24-16-19)31-22-25-21-23-11-4-12-28(21)26-22/h1-8,11-12,16,18H,9-10,13-15H2. The molecule has 10 heteroatoms. The van der Waals surface area contributed by atoms with Crippen LogP contribution >= 0.6 is 11.8 Å². The SMILES string of the molecule is O=S(=O)(c1ccc(Sc2nc3ncccn3n2)nc1)N1CCC(Cc2ccccc2)CC1. The zero-order chi connectivity index (χ0) is 22.0. The van der Waals surface area contributed by atoms with Gasteiger partial charge in [-0.1, -0.05) is 30.3 Å². The third-order valence-corrected chi connectivity index (χ3v) is 8.27. The van der Waals surface area contributed by atoms with Crippen LogP contribution in [0.2, 0.25) is 0 Å². The second-order valence-electron chi connectivity index (χ2n) is 7.73. The van der Waals surface area contributed by atoms with Crippen molar-refractivity contribution >= 4 is 27.6 Å². The van der Waals surface area contributed by atoms with E-state index in [1.54, 1.807) is 39.4 Å². The van der Waals surface area contributed by atoms with E-state index in [4.69, 9.17) is 0 Å². The van der Waals surface area contributed by atoms with Gasteiger partial charge < -0.3 is 0 Å². The Labute approximate surface area is 190 Å². The molecule has 32 heavy (non-hydrogen) atoms. The van der Waals surface area contributed by atoms with E-state index in [2.05, 4.69) is 32.2 Å². The molecule has 1 aromatic carbocycles. The van der Waals surface area contributed by atoms with Crippen LogP contribution in [-0.4, -0.2) is 50.4 Å². The number of fused-ring (bicyclic) bond motifs is 1. The lowest BCUT2D eigenvalue weighted by atomic mass is 9.91. The molecule has 0 unspecified atom stereocenters. The number of rotatable bonds is 6. The van der Waals surface area contributed by atoms with Gasteiger partial charge in [0.15, 0.2) is 0 Å². The Bertz CT molecular complexity index is 1270. The average Bonchev–Trinajstić information content (AvgIpc) is 3.23. The van der Waals surface area contributed by atoms with E-state index >= 15 is 0 Å².